The zero-order chi connectivity index (χ0) is 16.9. The Kier molecular flexibility index (Phi) is 5.48. The molecule has 4 N–H and O–H groups in total. The van der Waals surface area contributed by atoms with Crippen molar-refractivity contribution in [2.45, 2.75) is 26.2 Å². The quantitative estimate of drug-likeness (QED) is 0.573. The minimum Gasteiger partial charge on any atom is -0.362 e. The van der Waals surface area contributed by atoms with Crippen LogP contribution < -0.4 is 21.3 Å². The van der Waals surface area contributed by atoms with Crippen molar-refractivity contribution in [3.8, 4) is 0 Å². The van der Waals surface area contributed by atoms with Gasteiger partial charge in [0.15, 0.2) is 5.11 Å². The lowest BCUT2D eigenvalue weighted by Crippen LogP contribution is -2.30. The van der Waals surface area contributed by atoms with Crippen LogP contribution in [0.3, 0.4) is 0 Å². The van der Waals surface area contributed by atoms with Gasteiger partial charge in [-0.15, -0.1) is 0 Å². The predicted molar refractivity (Wildman–Crippen MR) is 106 cm³/mol. The SMILES string of the molecule is Cc1cc(N2CCCC2)nc2ccc(NC(=S)NCCCN)cc12. The number of thiocarbonyl (C=S) groups is 1. The lowest BCUT2D eigenvalue weighted by atomic mass is 10.1. The van der Waals surface area contributed by atoms with Gasteiger partial charge in [-0.25, -0.2) is 4.98 Å². The van der Waals surface area contributed by atoms with Crippen molar-refractivity contribution in [1.82, 2.24) is 10.3 Å². The van der Waals surface area contributed by atoms with E-state index < -0.39 is 0 Å². The molecule has 0 radical (unpaired) electrons. The molecule has 0 unspecified atom stereocenters. The maximum absolute atomic E-state index is 5.49. The van der Waals surface area contributed by atoms with Gasteiger partial charge in [-0.1, -0.05) is 0 Å². The van der Waals surface area contributed by atoms with Crippen molar-refractivity contribution in [3.05, 3.63) is 29.8 Å². The highest BCUT2D eigenvalue weighted by Gasteiger charge is 2.15. The Balaban J connectivity index is 1.77. The van der Waals surface area contributed by atoms with Crippen LogP contribution >= 0.6 is 12.2 Å². The summed E-state index contributed by atoms with van der Waals surface area (Å²) in [6.07, 6.45) is 3.42. The topological polar surface area (TPSA) is 66.2 Å². The molecule has 2 heterocycles. The number of nitrogens with one attached hydrogen (secondary N) is 2. The van der Waals surface area contributed by atoms with Crippen LogP contribution in [0.2, 0.25) is 0 Å². The summed E-state index contributed by atoms with van der Waals surface area (Å²) in [5, 5.41) is 8.18. The van der Waals surface area contributed by atoms with Crippen molar-refractivity contribution >= 4 is 39.7 Å². The number of aromatic nitrogens is 1. The molecule has 5 nitrogen and oxygen atoms in total. The highest BCUT2D eigenvalue weighted by atomic mass is 32.1. The summed E-state index contributed by atoms with van der Waals surface area (Å²) in [6.45, 7) is 5.82. The molecule has 0 aliphatic carbocycles. The molecule has 0 amide bonds. The number of hydrogen-bond donors (Lipinski definition) is 3. The van der Waals surface area contributed by atoms with Gasteiger partial charge in [-0.2, -0.15) is 0 Å². The molecule has 24 heavy (non-hydrogen) atoms. The molecule has 128 valence electrons. The monoisotopic (exact) mass is 343 g/mol. The lowest BCUT2D eigenvalue weighted by Gasteiger charge is -2.18. The number of anilines is 2. The molecule has 2 aromatic rings. The lowest BCUT2D eigenvalue weighted by molar-refractivity contribution is 0.788. The summed E-state index contributed by atoms with van der Waals surface area (Å²) >= 11 is 5.31. The van der Waals surface area contributed by atoms with Gasteiger partial charge >= 0.3 is 0 Å². The second-order valence-corrected chi connectivity index (χ2v) is 6.65. The van der Waals surface area contributed by atoms with E-state index in [1.807, 2.05) is 6.07 Å². The van der Waals surface area contributed by atoms with Gasteiger partial charge in [0.1, 0.15) is 5.82 Å². The molecule has 1 fully saturated rings. The van der Waals surface area contributed by atoms with Gasteiger partial charge in [0.2, 0.25) is 0 Å². The van der Waals surface area contributed by atoms with E-state index in [1.165, 1.54) is 18.4 Å². The van der Waals surface area contributed by atoms with Crippen LogP contribution in [-0.4, -0.2) is 36.3 Å². The van der Waals surface area contributed by atoms with E-state index in [1.54, 1.807) is 0 Å². The average Bonchev–Trinajstić information content (AvgIpc) is 3.10. The summed E-state index contributed by atoms with van der Waals surface area (Å²) in [6, 6.07) is 8.39. The van der Waals surface area contributed by atoms with Gasteiger partial charge in [0.05, 0.1) is 5.52 Å². The van der Waals surface area contributed by atoms with E-state index in [9.17, 15) is 0 Å². The Bertz CT molecular complexity index is 725. The number of rotatable bonds is 5. The molecule has 6 heteroatoms. The minimum absolute atomic E-state index is 0.627. The zero-order valence-electron chi connectivity index (χ0n) is 14.1. The van der Waals surface area contributed by atoms with Crippen molar-refractivity contribution in [1.29, 1.82) is 0 Å². The maximum Gasteiger partial charge on any atom is 0.170 e. The largest absolute Gasteiger partial charge is 0.362 e. The summed E-state index contributed by atoms with van der Waals surface area (Å²) < 4.78 is 0. The van der Waals surface area contributed by atoms with Crippen molar-refractivity contribution in [2.75, 3.05) is 36.4 Å². The summed E-state index contributed by atoms with van der Waals surface area (Å²) in [4.78, 5) is 7.20. The van der Waals surface area contributed by atoms with Gasteiger partial charge < -0.3 is 21.3 Å². The molecule has 1 aromatic heterocycles. The first-order chi connectivity index (χ1) is 11.7. The molecule has 1 aliphatic rings. The molecular formula is C18H25N5S. The Hall–Kier alpha value is -1.92. The Morgan fingerprint density at radius 1 is 1.29 bits per heavy atom. The van der Waals surface area contributed by atoms with E-state index in [0.717, 1.165) is 48.5 Å². The predicted octanol–water partition coefficient (Wildman–Crippen LogP) is 2.78. The third kappa shape index (κ3) is 3.94. The fourth-order valence-corrected chi connectivity index (χ4v) is 3.26. The smallest absolute Gasteiger partial charge is 0.170 e. The van der Waals surface area contributed by atoms with E-state index in [-0.39, 0.29) is 0 Å². The van der Waals surface area contributed by atoms with Crippen LogP contribution in [0.5, 0.6) is 0 Å². The molecular weight excluding hydrogens is 318 g/mol. The van der Waals surface area contributed by atoms with Crippen LogP contribution in [0.15, 0.2) is 24.3 Å². The van der Waals surface area contributed by atoms with E-state index in [4.69, 9.17) is 22.9 Å². The number of nitrogens with zero attached hydrogens (tertiary/aromatic N) is 2. The standard InChI is InChI=1S/C18H25N5S/c1-13-11-17(23-9-2-3-10-23)22-16-6-5-14(12-15(13)16)21-18(24)20-8-4-7-19/h5-6,11-12H,2-4,7-10,19H2,1H3,(H2,20,21,24). The van der Waals surface area contributed by atoms with E-state index in [0.29, 0.717) is 11.7 Å². The summed E-state index contributed by atoms with van der Waals surface area (Å²) in [5.74, 6) is 1.09. The van der Waals surface area contributed by atoms with Crippen LogP contribution in [0.4, 0.5) is 11.5 Å². The third-order valence-electron chi connectivity index (χ3n) is 4.36. The molecule has 0 bridgehead atoms. The van der Waals surface area contributed by atoms with Crippen molar-refractivity contribution < 1.29 is 0 Å². The fourth-order valence-electron chi connectivity index (χ4n) is 3.04. The Morgan fingerprint density at radius 3 is 2.83 bits per heavy atom. The van der Waals surface area contributed by atoms with Crippen LogP contribution in [0, 0.1) is 6.92 Å². The first-order valence-corrected chi connectivity index (χ1v) is 8.99. The van der Waals surface area contributed by atoms with Crippen molar-refractivity contribution in [3.63, 3.8) is 0 Å². The highest BCUT2D eigenvalue weighted by Crippen LogP contribution is 2.27. The van der Waals surface area contributed by atoms with Crippen LogP contribution in [-0.2, 0) is 0 Å². The van der Waals surface area contributed by atoms with E-state index >= 15 is 0 Å². The van der Waals surface area contributed by atoms with Crippen LogP contribution in [0.25, 0.3) is 10.9 Å². The number of pyridine rings is 1. The summed E-state index contributed by atoms with van der Waals surface area (Å²) in [5.41, 5.74) is 8.74. The van der Waals surface area contributed by atoms with Gasteiger partial charge in [-0.05, 0) is 74.8 Å². The molecule has 1 aliphatic heterocycles. The van der Waals surface area contributed by atoms with Crippen molar-refractivity contribution in [2.24, 2.45) is 5.73 Å². The molecule has 1 saturated heterocycles. The Morgan fingerprint density at radius 2 is 2.08 bits per heavy atom. The Labute approximate surface area is 148 Å². The van der Waals surface area contributed by atoms with Gasteiger partial charge in [-0.3, -0.25) is 0 Å². The molecule has 1 aromatic carbocycles. The third-order valence-corrected chi connectivity index (χ3v) is 4.60. The fraction of sp³-hybridized carbons (Fsp3) is 0.444. The average molecular weight is 344 g/mol. The normalized spacial score (nSPS) is 14.2. The number of nitrogens with two attached hydrogens (primary N) is 1. The van der Waals surface area contributed by atoms with Gasteiger partial charge in [0, 0.05) is 30.7 Å². The first-order valence-electron chi connectivity index (χ1n) is 8.58. The van der Waals surface area contributed by atoms with E-state index in [2.05, 4.69) is 40.7 Å². The second-order valence-electron chi connectivity index (χ2n) is 6.25. The van der Waals surface area contributed by atoms with Crippen LogP contribution in [0.1, 0.15) is 24.8 Å². The number of fused-ring (bicyclic) bond motifs is 1. The maximum atomic E-state index is 5.49. The molecule has 0 spiro atoms. The number of benzene rings is 1. The summed E-state index contributed by atoms with van der Waals surface area (Å²) in [7, 11) is 0. The zero-order valence-corrected chi connectivity index (χ0v) is 15.0. The van der Waals surface area contributed by atoms with Gasteiger partial charge in [0.25, 0.3) is 0 Å². The number of aryl methyl sites for hydroxylation is 1. The molecule has 0 saturated carbocycles. The first kappa shape index (κ1) is 16.9. The number of hydrogen-bond acceptors (Lipinski definition) is 4. The minimum atomic E-state index is 0.627. The second kappa shape index (κ2) is 7.77. The molecule has 0 atom stereocenters. The highest BCUT2D eigenvalue weighted by molar-refractivity contribution is 7.80. The molecule has 3 rings (SSSR count).